The first-order valence-corrected chi connectivity index (χ1v) is 7.24. The number of nitrogens with two attached hydrogens (primary N) is 1. The van der Waals surface area contributed by atoms with Crippen molar-refractivity contribution in [1.82, 2.24) is 19.9 Å². The molecule has 1 aliphatic heterocycles. The normalized spacial score (nSPS) is 15.3. The van der Waals surface area contributed by atoms with Gasteiger partial charge in [-0.25, -0.2) is 9.97 Å². The molecule has 22 heavy (non-hydrogen) atoms. The highest BCUT2D eigenvalue weighted by Gasteiger charge is 2.23. The van der Waals surface area contributed by atoms with Crippen LogP contribution in [-0.4, -0.2) is 57.8 Å². The van der Waals surface area contributed by atoms with Crippen LogP contribution in [0.3, 0.4) is 0 Å². The smallest absolute Gasteiger partial charge is 0.223 e. The van der Waals surface area contributed by atoms with Crippen LogP contribution in [0.4, 0.5) is 5.82 Å². The highest BCUT2D eigenvalue weighted by atomic mass is 16.2. The minimum atomic E-state index is -0.442. The van der Waals surface area contributed by atoms with Gasteiger partial charge in [0.05, 0.1) is 5.39 Å². The molecule has 3 N–H and O–H groups in total. The second-order valence-corrected chi connectivity index (χ2v) is 5.27. The maximum atomic E-state index is 12.0. The lowest BCUT2D eigenvalue weighted by Gasteiger charge is -2.35. The fourth-order valence-corrected chi connectivity index (χ4v) is 2.67. The number of H-pyrrole nitrogens is 1. The van der Waals surface area contributed by atoms with Gasteiger partial charge in [0.1, 0.15) is 17.8 Å². The maximum Gasteiger partial charge on any atom is 0.223 e. The number of anilines is 1. The number of carbonyl (C=O) groups excluding carboxylic acids is 2. The van der Waals surface area contributed by atoms with E-state index >= 15 is 0 Å². The molecule has 2 aromatic heterocycles. The molecular formula is C14H18N6O2. The van der Waals surface area contributed by atoms with E-state index in [-0.39, 0.29) is 18.7 Å². The maximum absolute atomic E-state index is 12.0. The van der Waals surface area contributed by atoms with Gasteiger partial charge in [-0.1, -0.05) is 0 Å². The van der Waals surface area contributed by atoms with Gasteiger partial charge in [-0.2, -0.15) is 0 Å². The number of carbonyl (C=O) groups is 2. The van der Waals surface area contributed by atoms with Crippen LogP contribution in [0.25, 0.3) is 11.0 Å². The number of hydrogen-bond donors (Lipinski definition) is 2. The number of hydrogen-bond acceptors (Lipinski definition) is 5. The summed E-state index contributed by atoms with van der Waals surface area (Å²) in [6, 6.07) is 1.95. The van der Waals surface area contributed by atoms with Gasteiger partial charge in [0.15, 0.2) is 0 Å². The van der Waals surface area contributed by atoms with Gasteiger partial charge in [-0.05, 0) is 6.07 Å². The molecule has 1 saturated heterocycles. The summed E-state index contributed by atoms with van der Waals surface area (Å²) in [6.45, 7) is 2.65. The molecule has 8 heteroatoms. The Morgan fingerprint density at radius 3 is 2.68 bits per heavy atom. The lowest BCUT2D eigenvalue weighted by molar-refractivity contribution is -0.133. The molecule has 8 nitrogen and oxygen atoms in total. The molecule has 0 spiro atoms. The van der Waals surface area contributed by atoms with Crippen molar-refractivity contribution in [2.45, 2.75) is 12.8 Å². The summed E-state index contributed by atoms with van der Waals surface area (Å²) in [6.07, 6.45) is 3.67. The molecule has 1 aliphatic rings. The first-order chi connectivity index (χ1) is 10.6. The first kappa shape index (κ1) is 14.3. The number of piperazine rings is 1. The molecule has 0 radical (unpaired) electrons. The summed E-state index contributed by atoms with van der Waals surface area (Å²) in [5.41, 5.74) is 5.89. The van der Waals surface area contributed by atoms with E-state index in [0.29, 0.717) is 26.2 Å². The second-order valence-electron chi connectivity index (χ2n) is 5.27. The Balaban J connectivity index is 1.63. The summed E-state index contributed by atoms with van der Waals surface area (Å²) < 4.78 is 0. The molecule has 0 atom stereocenters. The zero-order chi connectivity index (χ0) is 15.5. The van der Waals surface area contributed by atoms with Gasteiger partial charge < -0.3 is 20.5 Å². The Bertz CT molecular complexity index is 689. The van der Waals surface area contributed by atoms with Crippen LogP contribution >= 0.6 is 0 Å². The van der Waals surface area contributed by atoms with E-state index in [0.717, 1.165) is 16.9 Å². The second kappa shape index (κ2) is 6.00. The minimum absolute atomic E-state index is 0.0204. The van der Waals surface area contributed by atoms with Crippen LogP contribution in [0.1, 0.15) is 12.8 Å². The molecule has 1 fully saturated rings. The van der Waals surface area contributed by atoms with Gasteiger partial charge in [-0.15, -0.1) is 0 Å². The van der Waals surface area contributed by atoms with Crippen LogP contribution in [-0.2, 0) is 9.59 Å². The first-order valence-electron chi connectivity index (χ1n) is 7.24. The highest BCUT2D eigenvalue weighted by Crippen LogP contribution is 2.23. The Morgan fingerprint density at radius 2 is 1.95 bits per heavy atom. The molecule has 0 saturated carbocycles. The fourth-order valence-electron chi connectivity index (χ4n) is 2.67. The summed E-state index contributed by atoms with van der Waals surface area (Å²) in [5, 5.41) is 0.982. The van der Waals surface area contributed by atoms with Gasteiger partial charge in [-0.3, -0.25) is 9.59 Å². The number of aromatic amines is 1. The average molecular weight is 302 g/mol. The molecule has 0 aromatic carbocycles. The summed E-state index contributed by atoms with van der Waals surface area (Å²) in [4.78, 5) is 38.3. The van der Waals surface area contributed by atoms with Crippen LogP contribution in [0.2, 0.25) is 0 Å². The average Bonchev–Trinajstić information content (AvgIpc) is 3.01. The third kappa shape index (κ3) is 2.85. The molecule has 116 valence electrons. The fraction of sp³-hybridized carbons (Fsp3) is 0.429. The van der Waals surface area contributed by atoms with Gasteiger partial charge in [0.25, 0.3) is 0 Å². The molecule has 3 heterocycles. The van der Waals surface area contributed by atoms with Crippen LogP contribution in [0.15, 0.2) is 18.6 Å². The van der Waals surface area contributed by atoms with Gasteiger partial charge >= 0.3 is 0 Å². The Kier molecular flexibility index (Phi) is 3.90. The predicted octanol–water partition coefficient (Wildman–Crippen LogP) is -0.128. The molecule has 2 aromatic rings. The number of primary amides is 1. The minimum Gasteiger partial charge on any atom is -0.370 e. The van der Waals surface area contributed by atoms with Crippen LogP contribution in [0, 0.1) is 0 Å². The van der Waals surface area contributed by atoms with E-state index in [1.165, 1.54) is 0 Å². The molecule has 0 bridgehead atoms. The molecule has 3 rings (SSSR count). The lowest BCUT2D eigenvalue weighted by atomic mass is 10.2. The number of amides is 2. The number of aromatic nitrogens is 3. The monoisotopic (exact) mass is 302 g/mol. The zero-order valence-electron chi connectivity index (χ0n) is 12.2. The van der Waals surface area contributed by atoms with E-state index in [1.807, 2.05) is 12.3 Å². The van der Waals surface area contributed by atoms with Gasteiger partial charge in [0, 0.05) is 45.2 Å². The van der Waals surface area contributed by atoms with Crippen molar-refractivity contribution in [1.29, 1.82) is 0 Å². The van der Waals surface area contributed by atoms with E-state index in [4.69, 9.17) is 5.73 Å². The Labute approximate surface area is 127 Å². The van der Waals surface area contributed by atoms with E-state index in [1.54, 1.807) is 11.2 Å². The van der Waals surface area contributed by atoms with Crippen LogP contribution < -0.4 is 10.6 Å². The van der Waals surface area contributed by atoms with Gasteiger partial charge in [0.2, 0.25) is 11.8 Å². The van der Waals surface area contributed by atoms with E-state index in [2.05, 4.69) is 19.9 Å². The summed E-state index contributed by atoms with van der Waals surface area (Å²) in [7, 11) is 0. The zero-order valence-corrected chi connectivity index (χ0v) is 12.2. The number of nitrogens with one attached hydrogen (secondary N) is 1. The predicted molar refractivity (Wildman–Crippen MR) is 81.1 cm³/mol. The van der Waals surface area contributed by atoms with Crippen LogP contribution in [0.5, 0.6) is 0 Å². The van der Waals surface area contributed by atoms with E-state index in [9.17, 15) is 9.59 Å². The van der Waals surface area contributed by atoms with Crippen molar-refractivity contribution in [3.63, 3.8) is 0 Å². The number of nitrogens with zero attached hydrogens (tertiary/aromatic N) is 4. The Morgan fingerprint density at radius 1 is 1.18 bits per heavy atom. The Hall–Kier alpha value is -2.64. The third-order valence-electron chi connectivity index (χ3n) is 3.85. The van der Waals surface area contributed by atoms with Crippen molar-refractivity contribution in [3.8, 4) is 0 Å². The molecule has 0 unspecified atom stereocenters. The third-order valence-corrected chi connectivity index (χ3v) is 3.85. The topological polar surface area (TPSA) is 108 Å². The quantitative estimate of drug-likeness (QED) is 0.818. The number of rotatable bonds is 4. The molecular weight excluding hydrogens is 284 g/mol. The van der Waals surface area contributed by atoms with Crippen molar-refractivity contribution in [2.24, 2.45) is 5.73 Å². The molecule has 0 aliphatic carbocycles. The summed E-state index contributed by atoms with van der Waals surface area (Å²) >= 11 is 0. The SMILES string of the molecule is NC(=O)CCC(=O)N1CCN(c2ncnc3[nH]ccc23)CC1. The lowest BCUT2D eigenvalue weighted by Crippen LogP contribution is -2.49. The highest BCUT2D eigenvalue weighted by molar-refractivity contribution is 5.87. The molecule has 2 amide bonds. The largest absolute Gasteiger partial charge is 0.370 e. The van der Waals surface area contributed by atoms with Crippen molar-refractivity contribution in [2.75, 3.05) is 31.1 Å². The summed E-state index contributed by atoms with van der Waals surface area (Å²) in [5.74, 6) is 0.422. The van der Waals surface area contributed by atoms with Crippen molar-refractivity contribution >= 4 is 28.7 Å². The standard InChI is InChI=1S/C14H18N6O2/c15-11(21)1-2-12(22)19-5-7-20(8-6-19)14-10-3-4-16-13(10)17-9-18-14/h3-4,9H,1-2,5-8H2,(H2,15,21)(H,16,17,18). The number of fused-ring (bicyclic) bond motifs is 1. The van der Waals surface area contributed by atoms with E-state index < -0.39 is 5.91 Å². The van der Waals surface area contributed by atoms with Crippen molar-refractivity contribution in [3.05, 3.63) is 18.6 Å². The van der Waals surface area contributed by atoms with Crippen molar-refractivity contribution < 1.29 is 9.59 Å².